The zero-order chi connectivity index (χ0) is 21.1. The van der Waals surface area contributed by atoms with E-state index < -0.39 is 0 Å². The Bertz CT molecular complexity index is 1190. The molecule has 0 spiro atoms. The lowest BCUT2D eigenvalue weighted by atomic mass is 10.1. The van der Waals surface area contributed by atoms with E-state index in [9.17, 15) is 9.18 Å². The molecule has 0 bridgehead atoms. The van der Waals surface area contributed by atoms with Crippen molar-refractivity contribution < 1.29 is 13.9 Å². The quantitative estimate of drug-likeness (QED) is 0.497. The maximum atomic E-state index is 13.4. The monoisotopic (exact) mass is 401 g/mol. The number of amides is 1. The maximum absolute atomic E-state index is 13.4. The van der Waals surface area contributed by atoms with Crippen LogP contribution in [-0.4, -0.2) is 22.8 Å². The molecule has 1 amide bonds. The number of anilines is 1. The summed E-state index contributed by atoms with van der Waals surface area (Å²) in [6.07, 6.45) is 1.70. The van der Waals surface area contributed by atoms with E-state index in [1.807, 2.05) is 54.6 Å². The normalized spacial score (nSPS) is 10.6. The van der Waals surface area contributed by atoms with E-state index in [-0.39, 0.29) is 11.7 Å². The number of ether oxygens (including phenoxy) is 1. The van der Waals surface area contributed by atoms with Crippen molar-refractivity contribution in [3.8, 4) is 22.7 Å². The average Bonchev–Trinajstić information content (AvgIpc) is 3.22. The highest BCUT2D eigenvalue weighted by Crippen LogP contribution is 2.27. The molecule has 0 aliphatic rings. The molecule has 0 fully saturated rings. The first-order chi connectivity index (χ1) is 14.5. The van der Waals surface area contributed by atoms with Gasteiger partial charge in [-0.2, -0.15) is 5.10 Å². The SMILES string of the molecule is COc1ccc(-c2nn(-c3ccccc3)cc2C(=O)Nc2ccc(F)cc2C)cc1. The van der Waals surface area contributed by atoms with Gasteiger partial charge < -0.3 is 10.1 Å². The minimum absolute atomic E-state index is 0.322. The van der Waals surface area contributed by atoms with Crippen LogP contribution in [-0.2, 0) is 0 Å². The fourth-order valence-corrected chi connectivity index (χ4v) is 3.17. The van der Waals surface area contributed by atoms with Crippen LogP contribution in [0.15, 0.2) is 79.0 Å². The summed E-state index contributed by atoms with van der Waals surface area (Å²) in [7, 11) is 1.60. The standard InChI is InChI=1S/C24H20FN3O2/c1-16-14-18(25)10-13-22(16)26-24(29)21-15-28(19-6-4-3-5-7-19)27-23(21)17-8-11-20(30-2)12-9-17/h3-15H,1-2H3,(H,26,29). The van der Waals surface area contributed by atoms with Gasteiger partial charge in [0.15, 0.2) is 0 Å². The van der Waals surface area contributed by atoms with Crippen molar-refractivity contribution in [2.24, 2.45) is 0 Å². The smallest absolute Gasteiger partial charge is 0.259 e. The Hall–Kier alpha value is -3.93. The van der Waals surface area contributed by atoms with Crippen LogP contribution in [0.1, 0.15) is 15.9 Å². The van der Waals surface area contributed by atoms with Gasteiger partial charge in [-0.15, -0.1) is 0 Å². The van der Waals surface area contributed by atoms with Crippen molar-refractivity contribution in [3.63, 3.8) is 0 Å². The molecule has 0 aliphatic heterocycles. The van der Waals surface area contributed by atoms with Gasteiger partial charge in [0.05, 0.1) is 18.4 Å². The van der Waals surface area contributed by atoms with Crippen LogP contribution in [0.5, 0.6) is 5.75 Å². The summed E-state index contributed by atoms with van der Waals surface area (Å²) in [4.78, 5) is 13.1. The molecule has 0 unspecified atom stereocenters. The predicted octanol–water partition coefficient (Wildman–Crippen LogP) is 5.25. The number of rotatable bonds is 5. The number of aryl methyl sites for hydroxylation is 1. The van der Waals surface area contributed by atoms with E-state index in [1.165, 1.54) is 12.1 Å². The minimum atomic E-state index is -0.346. The van der Waals surface area contributed by atoms with Gasteiger partial charge in [-0.1, -0.05) is 18.2 Å². The van der Waals surface area contributed by atoms with Gasteiger partial charge in [-0.25, -0.2) is 9.07 Å². The minimum Gasteiger partial charge on any atom is -0.497 e. The molecule has 0 aliphatic carbocycles. The van der Waals surface area contributed by atoms with Crippen LogP contribution < -0.4 is 10.1 Å². The molecule has 0 saturated carbocycles. The average molecular weight is 401 g/mol. The van der Waals surface area contributed by atoms with Crippen LogP contribution >= 0.6 is 0 Å². The highest BCUT2D eigenvalue weighted by Gasteiger charge is 2.19. The number of hydrogen-bond donors (Lipinski definition) is 1. The predicted molar refractivity (Wildman–Crippen MR) is 115 cm³/mol. The van der Waals surface area contributed by atoms with Gasteiger partial charge >= 0.3 is 0 Å². The van der Waals surface area contributed by atoms with Crippen molar-refractivity contribution in [1.82, 2.24) is 9.78 Å². The van der Waals surface area contributed by atoms with E-state index in [0.717, 1.165) is 11.3 Å². The summed E-state index contributed by atoms with van der Waals surface area (Å²) >= 11 is 0. The number of methoxy groups -OCH3 is 1. The lowest BCUT2D eigenvalue weighted by Gasteiger charge is -2.08. The Morgan fingerprint density at radius 2 is 1.77 bits per heavy atom. The number of nitrogens with one attached hydrogen (secondary N) is 1. The van der Waals surface area contributed by atoms with Gasteiger partial charge in [-0.3, -0.25) is 4.79 Å². The molecular formula is C24H20FN3O2. The fourth-order valence-electron chi connectivity index (χ4n) is 3.17. The Morgan fingerprint density at radius 1 is 1.03 bits per heavy atom. The van der Waals surface area contributed by atoms with Crippen molar-refractivity contribution in [3.05, 3.63) is 95.9 Å². The highest BCUT2D eigenvalue weighted by atomic mass is 19.1. The molecule has 5 nitrogen and oxygen atoms in total. The highest BCUT2D eigenvalue weighted by molar-refractivity contribution is 6.08. The van der Waals surface area contributed by atoms with Gasteiger partial charge in [0.1, 0.15) is 17.3 Å². The van der Waals surface area contributed by atoms with Crippen LogP contribution in [0.4, 0.5) is 10.1 Å². The van der Waals surface area contributed by atoms with E-state index in [0.29, 0.717) is 28.3 Å². The number of hydrogen-bond acceptors (Lipinski definition) is 3. The molecule has 1 aromatic heterocycles. The number of nitrogens with zero attached hydrogens (tertiary/aromatic N) is 2. The summed E-state index contributed by atoms with van der Waals surface area (Å²) in [5, 5.41) is 7.53. The van der Waals surface area contributed by atoms with E-state index in [2.05, 4.69) is 10.4 Å². The molecule has 0 saturated heterocycles. The topological polar surface area (TPSA) is 56.2 Å². The van der Waals surface area contributed by atoms with E-state index in [4.69, 9.17) is 4.74 Å². The van der Waals surface area contributed by atoms with Crippen molar-refractivity contribution in [1.29, 1.82) is 0 Å². The first kappa shape index (κ1) is 19.4. The van der Waals surface area contributed by atoms with Gasteiger partial charge in [0.25, 0.3) is 5.91 Å². The van der Waals surface area contributed by atoms with Gasteiger partial charge in [0, 0.05) is 17.4 Å². The Labute approximate surface area is 173 Å². The second-order valence-electron chi connectivity index (χ2n) is 6.81. The Balaban J connectivity index is 1.76. The van der Waals surface area contributed by atoms with Crippen molar-refractivity contribution >= 4 is 11.6 Å². The molecule has 1 heterocycles. The zero-order valence-corrected chi connectivity index (χ0v) is 16.6. The first-order valence-electron chi connectivity index (χ1n) is 9.42. The maximum Gasteiger partial charge on any atom is 0.259 e. The molecule has 150 valence electrons. The third-order valence-corrected chi connectivity index (χ3v) is 4.78. The molecule has 6 heteroatoms. The van der Waals surface area contributed by atoms with E-state index in [1.54, 1.807) is 31.0 Å². The molecule has 30 heavy (non-hydrogen) atoms. The molecular weight excluding hydrogens is 381 g/mol. The van der Waals surface area contributed by atoms with Gasteiger partial charge in [0.2, 0.25) is 0 Å². The third kappa shape index (κ3) is 3.93. The number of carbonyl (C=O) groups is 1. The Morgan fingerprint density at radius 3 is 2.43 bits per heavy atom. The number of halogens is 1. The largest absolute Gasteiger partial charge is 0.497 e. The number of para-hydroxylation sites is 1. The number of carbonyl (C=O) groups excluding carboxylic acids is 1. The first-order valence-corrected chi connectivity index (χ1v) is 9.42. The molecule has 0 radical (unpaired) electrons. The lowest BCUT2D eigenvalue weighted by molar-refractivity contribution is 0.102. The third-order valence-electron chi connectivity index (χ3n) is 4.78. The van der Waals surface area contributed by atoms with Gasteiger partial charge in [-0.05, 0) is 67.1 Å². The van der Waals surface area contributed by atoms with E-state index >= 15 is 0 Å². The van der Waals surface area contributed by atoms with Crippen LogP contribution in [0.3, 0.4) is 0 Å². The Kier molecular flexibility index (Phi) is 5.30. The number of benzene rings is 3. The summed E-state index contributed by atoms with van der Waals surface area (Å²) in [6.45, 7) is 1.75. The molecule has 4 aromatic rings. The molecule has 4 rings (SSSR count). The van der Waals surface area contributed by atoms with Crippen molar-refractivity contribution in [2.45, 2.75) is 6.92 Å². The summed E-state index contributed by atoms with van der Waals surface area (Å²) in [6, 6.07) is 21.2. The zero-order valence-electron chi connectivity index (χ0n) is 16.6. The molecule has 0 atom stereocenters. The fraction of sp³-hybridized carbons (Fsp3) is 0.0833. The van der Waals surface area contributed by atoms with Crippen LogP contribution in [0.25, 0.3) is 16.9 Å². The van der Waals surface area contributed by atoms with Crippen molar-refractivity contribution in [2.75, 3.05) is 12.4 Å². The molecule has 3 aromatic carbocycles. The van der Waals surface area contributed by atoms with Crippen LogP contribution in [0, 0.1) is 12.7 Å². The number of aromatic nitrogens is 2. The summed E-state index contributed by atoms with van der Waals surface area (Å²) in [5.41, 5.74) is 3.77. The molecule has 1 N–H and O–H groups in total. The lowest BCUT2D eigenvalue weighted by Crippen LogP contribution is -2.13. The summed E-state index contributed by atoms with van der Waals surface area (Å²) in [5.74, 6) is 0.0493. The second-order valence-corrected chi connectivity index (χ2v) is 6.81. The second kappa shape index (κ2) is 8.21. The van der Waals surface area contributed by atoms with Crippen LogP contribution in [0.2, 0.25) is 0 Å². The summed E-state index contributed by atoms with van der Waals surface area (Å²) < 4.78 is 20.3.